The van der Waals surface area contributed by atoms with Gasteiger partial charge in [-0.15, -0.1) is 6.58 Å². The standard InChI is InChI=1S/C16H17N5O2S/c1-3-7-21-13-6-5-12(23-4-2)8-14(13)24-16(21)19-15(22)9-20-11-17-10-18-20/h3,5-6,8,10-11H,1,4,7,9H2,2H3. The van der Waals surface area contributed by atoms with Gasteiger partial charge in [-0.2, -0.15) is 10.1 Å². The summed E-state index contributed by atoms with van der Waals surface area (Å²) in [5.41, 5.74) is 0.996. The van der Waals surface area contributed by atoms with Crippen molar-refractivity contribution in [1.29, 1.82) is 0 Å². The monoisotopic (exact) mass is 343 g/mol. The molecular weight excluding hydrogens is 326 g/mol. The fourth-order valence-corrected chi connectivity index (χ4v) is 3.38. The van der Waals surface area contributed by atoms with E-state index < -0.39 is 0 Å². The molecule has 1 aromatic carbocycles. The van der Waals surface area contributed by atoms with Gasteiger partial charge in [0.25, 0.3) is 5.91 Å². The third-order valence-electron chi connectivity index (χ3n) is 3.26. The number of carbonyl (C=O) groups excluding carboxylic acids is 1. The normalized spacial score (nSPS) is 11.8. The van der Waals surface area contributed by atoms with Crippen LogP contribution < -0.4 is 9.54 Å². The molecule has 7 nitrogen and oxygen atoms in total. The number of hydrogen-bond acceptors (Lipinski definition) is 5. The van der Waals surface area contributed by atoms with E-state index in [-0.39, 0.29) is 12.5 Å². The molecule has 0 N–H and O–H groups in total. The molecule has 0 saturated heterocycles. The van der Waals surface area contributed by atoms with E-state index in [1.54, 1.807) is 6.08 Å². The molecule has 8 heteroatoms. The summed E-state index contributed by atoms with van der Waals surface area (Å²) >= 11 is 1.45. The summed E-state index contributed by atoms with van der Waals surface area (Å²) in [7, 11) is 0. The molecule has 2 heterocycles. The molecule has 0 aliphatic rings. The molecule has 0 fully saturated rings. The molecule has 24 heavy (non-hydrogen) atoms. The topological polar surface area (TPSA) is 74.3 Å². The molecule has 0 bridgehead atoms. The summed E-state index contributed by atoms with van der Waals surface area (Å²) in [6, 6.07) is 5.85. The van der Waals surface area contributed by atoms with Gasteiger partial charge in [-0.3, -0.25) is 4.79 Å². The van der Waals surface area contributed by atoms with Gasteiger partial charge in [0.15, 0.2) is 4.80 Å². The Bertz CT molecular complexity index is 924. The Morgan fingerprint density at radius 3 is 3.08 bits per heavy atom. The highest BCUT2D eigenvalue weighted by molar-refractivity contribution is 7.16. The number of thiazole rings is 1. The molecule has 0 unspecified atom stereocenters. The van der Waals surface area contributed by atoms with Crippen molar-refractivity contribution in [3.8, 4) is 5.75 Å². The first-order chi connectivity index (χ1) is 11.7. The average molecular weight is 343 g/mol. The Morgan fingerprint density at radius 1 is 1.50 bits per heavy atom. The number of benzene rings is 1. The van der Waals surface area contributed by atoms with Crippen molar-refractivity contribution in [3.63, 3.8) is 0 Å². The Labute approximate surface area is 142 Å². The van der Waals surface area contributed by atoms with Crippen LogP contribution in [0.2, 0.25) is 0 Å². The minimum absolute atomic E-state index is 0.0620. The van der Waals surface area contributed by atoms with E-state index >= 15 is 0 Å². The van der Waals surface area contributed by atoms with Gasteiger partial charge >= 0.3 is 0 Å². The zero-order valence-electron chi connectivity index (χ0n) is 13.3. The molecule has 0 saturated carbocycles. The van der Waals surface area contributed by atoms with E-state index in [9.17, 15) is 4.79 Å². The number of carbonyl (C=O) groups is 1. The first-order valence-corrected chi connectivity index (χ1v) is 8.30. The first kappa shape index (κ1) is 16.1. The van der Waals surface area contributed by atoms with E-state index in [0.29, 0.717) is 18.0 Å². The van der Waals surface area contributed by atoms with Crippen LogP contribution in [0, 0.1) is 0 Å². The lowest BCUT2D eigenvalue weighted by atomic mass is 10.3. The fourth-order valence-electron chi connectivity index (χ4n) is 2.30. The van der Waals surface area contributed by atoms with Gasteiger partial charge in [0.1, 0.15) is 24.9 Å². The second kappa shape index (κ2) is 7.22. The minimum atomic E-state index is -0.282. The number of fused-ring (bicyclic) bond motifs is 1. The molecular formula is C16H17N5O2S. The van der Waals surface area contributed by atoms with Gasteiger partial charge in [0, 0.05) is 6.54 Å². The van der Waals surface area contributed by atoms with Crippen molar-refractivity contribution in [2.24, 2.45) is 4.99 Å². The molecule has 0 atom stereocenters. The maximum Gasteiger partial charge on any atom is 0.270 e. The minimum Gasteiger partial charge on any atom is -0.494 e. The molecule has 2 aromatic heterocycles. The van der Waals surface area contributed by atoms with E-state index in [0.717, 1.165) is 16.0 Å². The van der Waals surface area contributed by atoms with Crippen LogP contribution >= 0.6 is 11.3 Å². The lowest BCUT2D eigenvalue weighted by Gasteiger charge is -2.04. The Hall–Kier alpha value is -2.74. The summed E-state index contributed by atoms with van der Waals surface area (Å²) in [5.74, 6) is 0.521. The molecule has 124 valence electrons. The van der Waals surface area contributed by atoms with Crippen LogP contribution in [-0.4, -0.2) is 31.8 Å². The van der Waals surface area contributed by atoms with Crippen LogP contribution in [0.5, 0.6) is 5.75 Å². The van der Waals surface area contributed by atoms with Crippen molar-refractivity contribution < 1.29 is 9.53 Å². The number of amides is 1. The van der Waals surface area contributed by atoms with Gasteiger partial charge in [0.2, 0.25) is 0 Å². The van der Waals surface area contributed by atoms with Crippen molar-refractivity contribution in [2.75, 3.05) is 6.61 Å². The van der Waals surface area contributed by atoms with E-state index in [4.69, 9.17) is 4.74 Å². The van der Waals surface area contributed by atoms with Gasteiger partial charge < -0.3 is 9.30 Å². The summed E-state index contributed by atoms with van der Waals surface area (Å²) in [5, 5.41) is 3.92. The summed E-state index contributed by atoms with van der Waals surface area (Å²) < 4.78 is 9.95. The van der Waals surface area contributed by atoms with Crippen LogP contribution in [0.25, 0.3) is 10.2 Å². The van der Waals surface area contributed by atoms with Gasteiger partial charge in [-0.25, -0.2) is 9.67 Å². The second-order valence-electron chi connectivity index (χ2n) is 4.95. The highest BCUT2D eigenvalue weighted by atomic mass is 32.1. The number of ether oxygens (including phenoxy) is 1. The quantitative estimate of drug-likeness (QED) is 0.642. The predicted molar refractivity (Wildman–Crippen MR) is 91.8 cm³/mol. The lowest BCUT2D eigenvalue weighted by molar-refractivity contribution is -0.118. The SMILES string of the molecule is C=CCn1c(=NC(=O)Cn2cncn2)sc2cc(OCC)ccc21. The third kappa shape index (κ3) is 3.43. The molecule has 3 aromatic rings. The highest BCUT2D eigenvalue weighted by Crippen LogP contribution is 2.23. The van der Waals surface area contributed by atoms with E-state index in [1.165, 1.54) is 28.7 Å². The largest absolute Gasteiger partial charge is 0.494 e. The Kier molecular flexibility index (Phi) is 4.85. The highest BCUT2D eigenvalue weighted by Gasteiger charge is 2.09. The predicted octanol–water partition coefficient (Wildman–Crippen LogP) is 2.01. The number of aromatic nitrogens is 4. The van der Waals surface area contributed by atoms with Crippen LogP contribution in [0.15, 0.2) is 48.5 Å². The van der Waals surface area contributed by atoms with Crippen molar-refractivity contribution >= 4 is 27.5 Å². The first-order valence-electron chi connectivity index (χ1n) is 7.48. The molecule has 0 spiro atoms. The van der Waals surface area contributed by atoms with Gasteiger partial charge in [-0.05, 0) is 25.1 Å². The summed E-state index contributed by atoms with van der Waals surface area (Å²) in [4.78, 5) is 20.8. The van der Waals surface area contributed by atoms with Crippen LogP contribution in [0.3, 0.4) is 0 Å². The number of rotatable bonds is 6. The Morgan fingerprint density at radius 2 is 2.38 bits per heavy atom. The van der Waals surface area contributed by atoms with Gasteiger partial charge in [0.05, 0.1) is 16.8 Å². The number of hydrogen-bond donors (Lipinski definition) is 0. The molecule has 0 radical (unpaired) electrons. The zero-order chi connectivity index (χ0) is 16.9. The van der Waals surface area contributed by atoms with Crippen LogP contribution in [-0.2, 0) is 17.9 Å². The number of nitrogens with zero attached hydrogens (tertiary/aromatic N) is 5. The molecule has 3 rings (SSSR count). The van der Waals surface area contributed by atoms with Crippen LogP contribution in [0.1, 0.15) is 6.92 Å². The second-order valence-corrected chi connectivity index (χ2v) is 5.95. The van der Waals surface area contributed by atoms with E-state index in [2.05, 4.69) is 21.7 Å². The average Bonchev–Trinajstić information content (AvgIpc) is 3.16. The maximum atomic E-state index is 12.2. The lowest BCUT2D eigenvalue weighted by Crippen LogP contribution is -2.18. The Balaban J connectivity index is 2.01. The zero-order valence-corrected chi connectivity index (χ0v) is 14.1. The number of allylic oxidation sites excluding steroid dienone is 1. The molecule has 0 aliphatic carbocycles. The fraction of sp³-hybridized carbons (Fsp3) is 0.250. The molecule has 1 amide bonds. The smallest absolute Gasteiger partial charge is 0.270 e. The maximum absolute atomic E-state index is 12.2. The summed E-state index contributed by atoms with van der Waals surface area (Å²) in [6.07, 6.45) is 4.66. The van der Waals surface area contributed by atoms with Crippen molar-refractivity contribution in [1.82, 2.24) is 19.3 Å². The van der Waals surface area contributed by atoms with Crippen molar-refractivity contribution in [3.05, 3.63) is 48.3 Å². The molecule has 0 aliphatic heterocycles. The summed E-state index contributed by atoms with van der Waals surface area (Å²) in [6.45, 7) is 6.97. The van der Waals surface area contributed by atoms with Crippen LogP contribution in [0.4, 0.5) is 0 Å². The van der Waals surface area contributed by atoms with E-state index in [1.807, 2.05) is 29.7 Å². The van der Waals surface area contributed by atoms with Crippen molar-refractivity contribution in [2.45, 2.75) is 20.0 Å². The van der Waals surface area contributed by atoms with Gasteiger partial charge in [-0.1, -0.05) is 17.4 Å². The third-order valence-corrected chi connectivity index (χ3v) is 4.30.